The monoisotopic (exact) mass is 687 g/mol. The summed E-state index contributed by atoms with van der Waals surface area (Å²) in [6.07, 6.45) is -0.357. The van der Waals surface area contributed by atoms with Crippen LogP contribution in [0.15, 0.2) is 33.0 Å². The van der Waals surface area contributed by atoms with Crippen LogP contribution in [0.1, 0.15) is 60.3 Å². The molecule has 0 radical (unpaired) electrons. The Bertz CT molecular complexity index is 1600. The van der Waals surface area contributed by atoms with E-state index >= 15 is 0 Å². The third-order valence-electron chi connectivity index (χ3n) is 9.31. The van der Waals surface area contributed by atoms with E-state index in [9.17, 15) is 22.8 Å². The standard InChI is InChI=1S/C29H49N3O10SSi2/c1-13-38-22(33)14-15-31-24(34)19(2)16-32(26(31)35)25-23(41-45(11,12)28(6,7)8)29(20(30)18-43(36,37)42-29)21(40-25)17-39-44(9,10)27(3,4)5/h14-16,18,21,23,25H,13,17,30H2,1-12H3/b15-14+/t21?,23-,25+,29?/m0/s1. The van der Waals surface area contributed by atoms with E-state index in [4.69, 9.17) is 28.2 Å². The average Bonchev–Trinajstić information content (AvgIpc) is 3.30. The molecule has 0 bridgehead atoms. The Balaban J connectivity index is 2.31. The molecular weight excluding hydrogens is 639 g/mol. The first-order chi connectivity index (χ1) is 20.3. The molecule has 1 aromatic rings. The van der Waals surface area contributed by atoms with Gasteiger partial charge in [0.05, 0.1) is 24.3 Å². The predicted molar refractivity (Wildman–Crippen MR) is 176 cm³/mol. The lowest BCUT2D eigenvalue weighted by Crippen LogP contribution is -2.59. The van der Waals surface area contributed by atoms with Crippen LogP contribution in [-0.2, 0) is 37.4 Å². The molecule has 1 saturated heterocycles. The summed E-state index contributed by atoms with van der Waals surface area (Å²) >= 11 is 0. The summed E-state index contributed by atoms with van der Waals surface area (Å²) in [5.74, 6) is -0.739. The first-order valence-corrected chi connectivity index (χ1v) is 22.2. The zero-order chi connectivity index (χ0) is 34.6. The van der Waals surface area contributed by atoms with E-state index in [-0.39, 0.29) is 34.6 Å². The fourth-order valence-electron chi connectivity index (χ4n) is 4.57. The van der Waals surface area contributed by atoms with Crippen molar-refractivity contribution in [2.45, 2.75) is 116 Å². The number of aryl methyl sites for hydroxylation is 1. The molecule has 1 spiro atoms. The van der Waals surface area contributed by atoms with Gasteiger partial charge in [0, 0.05) is 24.0 Å². The van der Waals surface area contributed by atoms with E-state index in [2.05, 4.69) is 20.8 Å². The van der Waals surface area contributed by atoms with E-state index in [0.717, 1.165) is 26.8 Å². The lowest BCUT2D eigenvalue weighted by atomic mass is 9.89. The van der Waals surface area contributed by atoms with Gasteiger partial charge in [-0.15, -0.1) is 0 Å². The fourth-order valence-corrected chi connectivity index (χ4v) is 8.08. The number of carbonyl (C=O) groups is 1. The first kappa shape index (κ1) is 37.1. The zero-order valence-corrected chi connectivity index (χ0v) is 31.2. The smallest absolute Gasteiger partial charge is 0.337 e. The second kappa shape index (κ2) is 12.4. The highest BCUT2D eigenvalue weighted by molar-refractivity contribution is 7.90. The molecule has 0 saturated carbocycles. The Morgan fingerprint density at radius 2 is 1.67 bits per heavy atom. The summed E-state index contributed by atoms with van der Waals surface area (Å²) in [6, 6.07) is 0. The van der Waals surface area contributed by atoms with Gasteiger partial charge >= 0.3 is 11.7 Å². The summed E-state index contributed by atoms with van der Waals surface area (Å²) in [5, 5.41) is 0.303. The van der Waals surface area contributed by atoms with Gasteiger partial charge in [-0.1, -0.05) is 41.5 Å². The zero-order valence-electron chi connectivity index (χ0n) is 28.4. The van der Waals surface area contributed by atoms with E-state index < -0.39 is 68.0 Å². The van der Waals surface area contributed by atoms with Gasteiger partial charge in [-0.25, -0.2) is 18.3 Å². The topological polar surface area (TPSA) is 167 Å². The van der Waals surface area contributed by atoms with Crippen LogP contribution in [-0.4, -0.2) is 71.2 Å². The van der Waals surface area contributed by atoms with E-state index in [1.165, 1.54) is 13.1 Å². The molecule has 13 nitrogen and oxygen atoms in total. The van der Waals surface area contributed by atoms with Crippen molar-refractivity contribution in [2.75, 3.05) is 13.2 Å². The Morgan fingerprint density at radius 3 is 2.16 bits per heavy atom. The maximum atomic E-state index is 13.9. The van der Waals surface area contributed by atoms with E-state index in [1.54, 1.807) is 6.92 Å². The highest BCUT2D eigenvalue weighted by Crippen LogP contribution is 2.52. The number of carbonyl (C=O) groups excluding carboxylic acids is 1. The third-order valence-corrected chi connectivity index (χ3v) is 19.3. The molecule has 2 unspecified atom stereocenters. The van der Waals surface area contributed by atoms with Crippen LogP contribution in [0.5, 0.6) is 0 Å². The highest BCUT2D eigenvalue weighted by Gasteiger charge is 2.67. The molecule has 3 rings (SSSR count). The number of hydrogen-bond acceptors (Lipinski definition) is 11. The lowest BCUT2D eigenvalue weighted by molar-refractivity contribution is -0.137. The number of hydrogen-bond donors (Lipinski definition) is 1. The van der Waals surface area contributed by atoms with Crippen molar-refractivity contribution in [3.63, 3.8) is 0 Å². The molecule has 4 atom stereocenters. The van der Waals surface area contributed by atoms with Gasteiger partial charge in [0.2, 0.25) is 0 Å². The second-order valence-electron chi connectivity index (χ2n) is 14.6. The summed E-state index contributed by atoms with van der Waals surface area (Å²) in [7, 11) is -9.43. The molecule has 3 heterocycles. The van der Waals surface area contributed by atoms with Crippen LogP contribution in [0.3, 0.4) is 0 Å². The second-order valence-corrected chi connectivity index (χ2v) is 25.5. The van der Waals surface area contributed by atoms with Crippen LogP contribution in [0.25, 0.3) is 6.20 Å². The normalized spacial score (nSPS) is 25.7. The number of aromatic nitrogens is 2. The van der Waals surface area contributed by atoms with E-state index in [0.29, 0.717) is 0 Å². The summed E-state index contributed by atoms with van der Waals surface area (Å²) in [5.41, 5.74) is 3.13. The Kier molecular flexibility index (Phi) is 10.2. The molecule has 0 amide bonds. The largest absolute Gasteiger partial charge is 0.463 e. The molecular formula is C29H49N3O10SSi2. The van der Waals surface area contributed by atoms with Gasteiger partial charge < -0.3 is 24.1 Å². The Morgan fingerprint density at radius 1 is 1.09 bits per heavy atom. The number of rotatable bonds is 9. The van der Waals surface area contributed by atoms with Crippen LogP contribution >= 0.6 is 0 Å². The van der Waals surface area contributed by atoms with Crippen LogP contribution in [0, 0.1) is 6.92 Å². The van der Waals surface area contributed by atoms with Crippen LogP contribution in [0.2, 0.25) is 36.3 Å². The molecule has 0 aromatic carbocycles. The van der Waals surface area contributed by atoms with Gasteiger partial charge in [0.15, 0.2) is 28.5 Å². The van der Waals surface area contributed by atoms with Crippen molar-refractivity contribution in [3.05, 3.63) is 49.8 Å². The van der Waals surface area contributed by atoms with Gasteiger partial charge in [0.1, 0.15) is 12.2 Å². The van der Waals surface area contributed by atoms with Crippen molar-refractivity contribution in [1.82, 2.24) is 9.13 Å². The Labute approximate surface area is 267 Å². The minimum absolute atomic E-state index is 0.107. The van der Waals surface area contributed by atoms with Gasteiger partial charge in [-0.2, -0.15) is 8.42 Å². The molecule has 254 valence electrons. The molecule has 1 fully saturated rings. The fraction of sp³-hybridized carbons (Fsp3) is 0.690. The van der Waals surface area contributed by atoms with Crippen molar-refractivity contribution >= 4 is 38.9 Å². The maximum absolute atomic E-state index is 13.9. The van der Waals surface area contributed by atoms with Crippen molar-refractivity contribution < 1.29 is 35.7 Å². The van der Waals surface area contributed by atoms with Gasteiger partial charge in [-0.3, -0.25) is 9.36 Å². The number of nitrogens with zero attached hydrogens (tertiary/aromatic N) is 2. The number of esters is 1. The molecule has 0 aliphatic carbocycles. The molecule has 2 N–H and O–H groups in total. The number of ether oxygens (including phenoxy) is 2. The predicted octanol–water partition coefficient (Wildman–Crippen LogP) is 3.56. The third kappa shape index (κ3) is 7.16. The average molecular weight is 688 g/mol. The molecule has 1 aromatic heterocycles. The molecule has 2 aliphatic rings. The van der Waals surface area contributed by atoms with Crippen LogP contribution < -0.4 is 17.0 Å². The van der Waals surface area contributed by atoms with E-state index in [1.807, 2.05) is 47.0 Å². The summed E-state index contributed by atoms with van der Waals surface area (Å²) < 4.78 is 58.6. The van der Waals surface area contributed by atoms with Crippen molar-refractivity contribution in [1.29, 1.82) is 0 Å². The first-order valence-electron chi connectivity index (χ1n) is 14.9. The Hall–Kier alpha value is -2.35. The van der Waals surface area contributed by atoms with Crippen LogP contribution in [0.4, 0.5) is 0 Å². The summed E-state index contributed by atoms with van der Waals surface area (Å²) in [6.45, 7) is 23.4. The quantitative estimate of drug-likeness (QED) is 0.174. The molecule has 45 heavy (non-hydrogen) atoms. The van der Waals surface area contributed by atoms with Gasteiger partial charge in [0.25, 0.3) is 15.7 Å². The van der Waals surface area contributed by atoms with Gasteiger partial charge in [-0.05, 0) is 50.1 Å². The highest BCUT2D eigenvalue weighted by atomic mass is 32.2. The van der Waals surface area contributed by atoms with Crippen molar-refractivity contribution in [2.24, 2.45) is 5.73 Å². The van der Waals surface area contributed by atoms with Crippen molar-refractivity contribution in [3.8, 4) is 0 Å². The number of nitrogens with two attached hydrogens (primary N) is 1. The maximum Gasteiger partial charge on any atom is 0.337 e. The summed E-state index contributed by atoms with van der Waals surface area (Å²) in [4.78, 5) is 39.0. The minimum atomic E-state index is -4.27. The molecule has 2 aliphatic heterocycles. The molecule has 16 heteroatoms. The lowest BCUT2D eigenvalue weighted by Gasteiger charge is -2.43. The SMILES string of the molecule is CCOC(=O)/C=C/n1c(=O)c(C)cn([C@@H]2OC(CO[Si](C)(C)C(C)(C)C)C3(OS(=O)(=O)C=C3N)[C@H]2O[Si](C)(C)C(C)(C)C)c1=O. The minimum Gasteiger partial charge on any atom is -0.463 e.